The Hall–Kier alpha value is -1.05. The second-order valence-electron chi connectivity index (χ2n) is 6.97. The molecule has 0 saturated carbocycles. The van der Waals surface area contributed by atoms with Gasteiger partial charge in [-0.2, -0.15) is 0 Å². The smallest absolute Gasteiger partial charge is 0.307 e. The molecule has 4 atom stereocenters. The van der Waals surface area contributed by atoms with E-state index in [4.69, 9.17) is 16.2 Å². The molecule has 0 amide bonds. The lowest BCUT2D eigenvalue weighted by molar-refractivity contribution is -0.159. The zero-order valence-electron chi connectivity index (χ0n) is 14.0. The van der Waals surface area contributed by atoms with Gasteiger partial charge in [0.2, 0.25) is 0 Å². The van der Waals surface area contributed by atoms with E-state index in [0.717, 1.165) is 0 Å². The molecule has 0 bridgehead atoms. The number of carbonyl (C=O) groups is 2. The van der Waals surface area contributed by atoms with Gasteiger partial charge in [-0.1, -0.05) is 13.8 Å². The van der Waals surface area contributed by atoms with Gasteiger partial charge in [-0.15, -0.1) is 0 Å². The average molecular weight is 320 g/mol. The van der Waals surface area contributed by atoms with E-state index in [1.807, 2.05) is 13.8 Å². The SMILES string of the molecule is CC(C)C[C@H](N)C(=O)C(CC(=O)OC(C)(C)C)C(O)C(N)F. The molecule has 0 aliphatic rings. The number of aliphatic hydroxyl groups excluding tert-OH is 1. The summed E-state index contributed by atoms with van der Waals surface area (Å²) in [5, 5.41) is 9.80. The van der Waals surface area contributed by atoms with Gasteiger partial charge in [-0.05, 0) is 33.1 Å². The lowest BCUT2D eigenvalue weighted by Gasteiger charge is -2.27. The van der Waals surface area contributed by atoms with Crippen LogP contribution in [0.1, 0.15) is 47.5 Å². The topological polar surface area (TPSA) is 116 Å². The van der Waals surface area contributed by atoms with Crippen LogP contribution in [0, 0.1) is 11.8 Å². The van der Waals surface area contributed by atoms with E-state index in [0.29, 0.717) is 6.42 Å². The van der Waals surface area contributed by atoms with Crippen LogP contribution in [0.3, 0.4) is 0 Å². The molecule has 0 aliphatic heterocycles. The molecule has 0 fully saturated rings. The summed E-state index contributed by atoms with van der Waals surface area (Å²) in [4.78, 5) is 24.2. The maximum Gasteiger partial charge on any atom is 0.307 e. The summed E-state index contributed by atoms with van der Waals surface area (Å²) in [6.07, 6.45) is -4.01. The van der Waals surface area contributed by atoms with Crippen LogP contribution >= 0.6 is 0 Å². The Balaban J connectivity index is 5.05. The molecule has 130 valence electrons. The quantitative estimate of drug-likeness (QED) is 0.452. The minimum Gasteiger partial charge on any atom is -0.460 e. The van der Waals surface area contributed by atoms with Crippen molar-refractivity contribution in [2.75, 3.05) is 0 Å². The van der Waals surface area contributed by atoms with Crippen LogP contribution in [-0.4, -0.2) is 40.9 Å². The molecule has 0 rings (SSSR count). The summed E-state index contributed by atoms with van der Waals surface area (Å²) in [7, 11) is 0. The standard InChI is InChI=1S/C15H29FN2O4/c1-8(2)6-10(17)12(20)9(13(21)14(16)18)7-11(19)22-15(3,4)5/h8-10,13-14,21H,6-7,17-18H2,1-5H3/t9?,10-,13?,14?/m0/s1. The van der Waals surface area contributed by atoms with Crippen LogP contribution in [0.15, 0.2) is 0 Å². The van der Waals surface area contributed by atoms with Crippen molar-refractivity contribution in [3.63, 3.8) is 0 Å². The van der Waals surface area contributed by atoms with Crippen molar-refractivity contribution in [2.45, 2.75) is 71.5 Å². The molecular formula is C15H29FN2O4. The molecule has 6 nitrogen and oxygen atoms in total. The number of ether oxygens (including phenoxy) is 1. The fourth-order valence-electron chi connectivity index (χ4n) is 2.07. The Kier molecular flexibility index (Phi) is 8.14. The Morgan fingerprint density at radius 2 is 1.73 bits per heavy atom. The third-order valence-corrected chi connectivity index (χ3v) is 3.00. The number of halogens is 1. The van der Waals surface area contributed by atoms with Gasteiger partial charge in [0.25, 0.3) is 0 Å². The maximum atomic E-state index is 13.2. The number of hydrogen-bond donors (Lipinski definition) is 3. The first-order chi connectivity index (χ1) is 9.85. The van der Waals surface area contributed by atoms with Gasteiger partial charge in [-0.3, -0.25) is 15.3 Å². The number of ketones is 1. The minimum absolute atomic E-state index is 0.150. The van der Waals surface area contributed by atoms with Crippen molar-refractivity contribution >= 4 is 11.8 Å². The highest BCUT2D eigenvalue weighted by molar-refractivity contribution is 5.89. The first-order valence-corrected chi connectivity index (χ1v) is 7.44. The molecular weight excluding hydrogens is 291 g/mol. The minimum atomic E-state index is -2.14. The number of nitrogens with two attached hydrogens (primary N) is 2. The van der Waals surface area contributed by atoms with Crippen LogP contribution in [-0.2, 0) is 14.3 Å². The lowest BCUT2D eigenvalue weighted by Crippen LogP contribution is -2.47. The van der Waals surface area contributed by atoms with Gasteiger partial charge < -0.3 is 15.6 Å². The van der Waals surface area contributed by atoms with Crippen LogP contribution in [0.5, 0.6) is 0 Å². The molecule has 7 heteroatoms. The van der Waals surface area contributed by atoms with Crippen LogP contribution in [0.4, 0.5) is 4.39 Å². The van der Waals surface area contributed by atoms with E-state index in [1.54, 1.807) is 20.8 Å². The van der Waals surface area contributed by atoms with Crippen molar-refractivity contribution < 1.29 is 23.8 Å². The number of Topliss-reactive ketones (excluding diaryl/α,β-unsaturated/α-hetero) is 1. The van der Waals surface area contributed by atoms with Gasteiger partial charge in [0.1, 0.15) is 11.7 Å². The number of alkyl halides is 1. The predicted molar refractivity (Wildman–Crippen MR) is 81.5 cm³/mol. The lowest BCUT2D eigenvalue weighted by atomic mass is 9.86. The van der Waals surface area contributed by atoms with E-state index < -0.39 is 48.1 Å². The Morgan fingerprint density at radius 1 is 1.23 bits per heavy atom. The average Bonchev–Trinajstić information content (AvgIpc) is 2.31. The molecule has 0 spiro atoms. The van der Waals surface area contributed by atoms with Crippen molar-refractivity contribution in [3.8, 4) is 0 Å². The number of carbonyl (C=O) groups excluding carboxylic acids is 2. The van der Waals surface area contributed by atoms with Gasteiger partial charge in [0, 0.05) is 0 Å². The molecule has 22 heavy (non-hydrogen) atoms. The molecule has 0 heterocycles. The summed E-state index contributed by atoms with van der Waals surface area (Å²) in [6, 6.07) is -0.888. The number of hydrogen-bond acceptors (Lipinski definition) is 6. The summed E-state index contributed by atoms with van der Waals surface area (Å²) >= 11 is 0. The molecule has 3 unspecified atom stereocenters. The van der Waals surface area contributed by atoms with E-state index in [2.05, 4.69) is 0 Å². The highest BCUT2D eigenvalue weighted by atomic mass is 19.1. The van der Waals surface area contributed by atoms with Gasteiger partial charge in [0.15, 0.2) is 12.1 Å². The fraction of sp³-hybridized carbons (Fsp3) is 0.867. The van der Waals surface area contributed by atoms with Crippen molar-refractivity contribution in [3.05, 3.63) is 0 Å². The van der Waals surface area contributed by atoms with Crippen LogP contribution < -0.4 is 11.5 Å². The Bertz CT molecular complexity index is 380. The van der Waals surface area contributed by atoms with E-state index in [-0.39, 0.29) is 5.92 Å². The zero-order valence-corrected chi connectivity index (χ0v) is 14.0. The third kappa shape index (κ3) is 7.82. The maximum absolute atomic E-state index is 13.2. The third-order valence-electron chi connectivity index (χ3n) is 3.00. The summed E-state index contributed by atoms with van der Waals surface area (Å²) in [6.45, 7) is 8.78. The molecule has 5 N–H and O–H groups in total. The zero-order chi connectivity index (χ0) is 17.7. The highest BCUT2D eigenvalue weighted by Gasteiger charge is 2.37. The first kappa shape index (κ1) is 20.9. The van der Waals surface area contributed by atoms with Crippen molar-refractivity contribution in [2.24, 2.45) is 23.3 Å². The predicted octanol–water partition coefficient (Wildman–Crippen LogP) is 0.892. The normalized spacial score (nSPS) is 17.7. The molecule has 0 aliphatic carbocycles. The largest absolute Gasteiger partial charge is 0.460 e. The van der Waals surface area contributed by atoms with Gasteiger partial charge in [0.05, 0.1) is 18.4 Å². The van der Waals surface area contributed by atoms with Crippen molar-refractivity contribution in [1.82, 2.24) is 0 Å². The second kappa shape index (κ2) is 8.55. The molecule has 0 aromatic heterocycles. The second-order valence-corrected chi connectivity index (χ2v) is 6.97. The highest BCUT2D eigenvalue weighted by Crippen LogP contribution is 2.20. The Labute approximate surface area is 131 Å². The molecule has 0 radical (unpaired) electrons. The van der Waals surface area contributed by atoms with Gasteiger partial charge >= 0.3 is 5.97 Å². The monoisotopic (exact) mass is 320 g/mol. The molecule has 0 aromatic rings. The Morgan fingerprint density at radius 3 is 2.09 bits per heavy atom. The van der Waals surface area contributed by atoms with E-state index in [9.17, 15) is 19.1 Å². The first-order valence-electron chi connectivity index (χ1n) is 7.44. The van der Waals surface area contributed by atoms with Crippen LogP contribution in [0.25, 0.3) is 0 Å². The van der Waals surface area contributed by atoms with Crippen LogP contribution in [0.2, 0.25) is 0 Å². The van der Waals surface area contributed by atoms with Crippen molar-refractivity contribution in [1.29, 1.82) is 0 Å². The van der Waals surface area contributed by atoms with E-state index in [1.165, 1.54) is 0 Å². The number of aliphatic hydroxyl groups is 1. The fourth-order valence-corrected chi connectivity index (χ4v) is 2.07. The molecule has 0 aromatic carbocycles. The summed E-state index contributed by atoms with van der Waals surface area (Å²) in [5.74, 6) is -2.46. The van der Waals surface area contributed by atoms with Gasteiger partial charge in [-0.25, -0.2) is 4.39 Å². The van der Waals surface area contributed by atoms with E-state index >= 15 is 0 Å². The number of rotatable bonds is 8. The number of esters is 1. The molecule has 0 saturated heterocycles. The summed E-state index contributed by atoms with van der Waals surface area (Å²) < 4.78 is 18.3. The summed E-state index contributed by atoms with van der Waals surface area (Å²) in [5.41, 5.74) is 10.1.